The van der Waals surface area contributed by atoms with Gasteiger partial charge < -0.3 is 5.32 Å². The van der Waals surface area contributed by atoms with Crippen molar-refractivity contribution < 1.29 is 4.79 Å². The van der Waals surface area contributed by atoms with Crippen molar-refractivity contribution in [3.05, 3.63) is 71.3 Å². The van der Waals surface area contributed by atoms with E-state index >= 15 is 0 Å². The molecule has 0 fully saturated rings. The monoisotopic (exact) mass is 267 g/mol. The molecule has 2 nitrogen and oxygen atoms in total. The van der Waals surface area contributed by atoms with Crippen LogP contribution in [0.15, 0.2) is 54.6 Å². The molecule has 0 heterocycles. The lowest BCUT2D eigenvalue weighted by Gasteiger charge is -2.22. The van der Waals surface area contributed by atoms with Crippen molar-refractivity contribution in [2.24, 2.45) is 5.92 Å². The molecule has 2 rings (SSSR count). The van der Waals surface area contributed by atoms with Crippen molar-refractivity contribution in [1.82, 2.24) is 5.32 Å². The van der Waals surface area contributed by atoms with Gasteiger partial charge in [-0.15, -0.1) is 0 Å². The van der Waals surface area contributed by atoms with Crippen LogP contribution in [0.5, 0.6) is 0 Å². The van der Waals surface area contributed by atoms with Crippen molar-refractivity contribution in [3.8, 4) is 0 Å². The quantitative estimate of drug-likeness (QED) is 0.895. The first-order chi connectivity index (χ1) is 9.59. The molecule has 1 amide bonds. The Balaban J connectivity index is 2.40. The molecule has 0 bridgehead atoms. The summed E-state index contributed by atoms with van der Waals surface area (Å²) in [5.41, 5.74) is 3.44. The Kier molecular flexibility index (Phi) is 4.57. The third-order valence-electron chi connectivity index (χ3n) is 3.44. The topological polar surface area (TPSA) is 29.1 Å². The second-order valence-electron chi connectivity index (χ2n) is 5.36. The van der Waals surface area contributed by atoms with Gasteiger partial charge in [0.05, 0.1) is 6.04 Å². The number of carbonyl (C=O) groups excluding carboxylic acids is 1. The Morgan fingerprint density at radius 1 is 0.950 bits per heavy atom. The predicted molar refractivity (Wildman–Crippen MR) is 82.4 cm³/mol. The minimum absolute atomic E-state index is 0.0229. The number of rotatable bonds is 4. The molecule has 2 heteroatoms. The van der Waals surface area contributed by atoms with Crippen LogP contribution in [-0.4, -0.2) is 5.91 Å². The Hall–Kier alpha value is -2.09. The molecule has 1 atom stereocenters. The van der Waals surface area contributed by atoms with Gasteiger partial charge in [0, 0.05) is 5.92 Å². The third kappa shape index (κ3) is 3.27. The molecule has 0 spiro atoms. The maximum atomic E-state index is 12.1. The van der Waals surface area contributed by atoms with Crippen molar-refractivity contribution in [3.63, 3.8) is 0 Å². The number of amides is 1. The molecule has 0 aliphatic carbocycles. The van der Waals surface area contributed by atoms with Gasteiger partial charge in [0.25, 0.3) is 0 Å². The summed E-state index contributed by atoms with van der Waals surface area (Å²) in [5, 5.41) is 3.15. The average molecular weight is 267 g/mol. The van der Waals surface area contributed by atoms with Gasteiger partial charge in [-0.05, 0) is 23.6 Å². The number of carbonyl (C=O) groups is 1. The Labute approximate surface area is 120 Å². The van der Waals surface area contributed by atoms with E-state index in [0.717, 1.165) is 11.1 Å². The minimum atomic E-state index is -0.0905. The molecule has 0 saturated carbocycles. The fraction of sp³-hybridized carbons (Fsp3) is 0.278. The van der Waals surface area contributed by atoms with Crippen molar-refractivity contribution >= 4 is 5.91 Å². The van der Waals surface area contributed by atoms with E-state index in [-0.39, 0.29) is 17.9 Å². The van der Waals surface area contributed by atoms with Crippen LogP contribution in [0.1, 0.15) is 36.6 Å². The second kappa shape index (κ2) is 6.38. The molecule has 0 radical (unpaired) electrons. The smallest absolute Gasteiger partial charge is 0.223 e. The van der Waals surface area contributed by atoms with Gasteiger partial charge >= 0.3 is 0 Å². The fourth-order valence-electron chi connectivity index (χ4n) is 2.21. The lowest BCUT2D eigenvalue weighted by atomic mass is 9.94. The van der Waals surface area contributed by atoms with Crippen LogP contribution >= 0.6 is 0 Å². The van der Waals surface area contributed by atoms with Crippen LogP contribution in [0.25, 0.3) is 0 Å². The van der Waals surface area contributed by atoms with Gasteiger partial charge in [-0.1, -0.05) is 68.4 Å². The Morgan fingerprint density at radius 2 is 1.55 bits per heavy atom. The zero-order valence-corrected chi connectivity index (χ0v) is 12.3. The van der Waals surface area contributed by atoms with Gasteiger partial charge in [-0.2, -0.15) is 0 Å². The number of hydrogen-bond donors (Lipinski definition) is 1. The second-order valence-corrected chi connectivity index (χ2v) is 5.36. The Bertz CT molecular complexity index is 575. The molecular formula is C18H21NO. The van der Waals surface area contributed by atoms with Gasteiger partial charge in [0.1, 0.15) is 0 Å². The Morgan fingerprint density at radius 3 is 2.15 bits per heavy atom. The summed E-state index contributed by atoms with van der Waals surface area (Å²) in [6, 6.07) is 18.2. The molecule has 0 aliphatic heterocycles. The summed E-state index contributed by atoms with van der Waals surface area (Å²) in [6.07, 6.45) is 0. The summed E-state index contributed by atoms with van der Waals surface area (Å²) >= 11 is 0. The third-order valence-corrected chi connectivity index (χ3v) is 3.44. The first-order valence-electron chi connectivity index (χ1n) is 7.00. The van der Waals surface area contributed by atoms with Crippen LogP contribution in [0.4, 0.5) is 0 Å². The first kappa shape index (κ1) is 14.3. The summed E-state index contributed by atoms with van der Waals surface area (Å²) in [6.45, 7) is 5.90. The van der Waals surface area contributed by atoms with Crippen LogP contribution in [0.3, 0.4) is 0 Å². The summed E-state index contributed by atoms with van der Waals surface area (Å²) < 4.78 is 0. The molecule has 20 heavy (non-hydrogen) atoms. The van der Waals surface area contributed by atoms with E-state index in [9.17, 15) is 4.79 Å². The molecule has 104 valence electrons. The van der Waals surface area contributed by atoms with E-state index in [1.54, 1.807) is 0 Å². The molecule has 0 aliphatic rings. The highest BCUT2D eigenvalue weighted by molar-refractivity contribution is 5.79. The lowest BCUT2D eigenvalue weighted by molar-refractivity contribution is -0.124. The highest BCUT2D eigenvalue weighted by Gasteiger charge is 2.19. The predicted octanol–water partition coefficient (Wildman–Crippen LogP) is 3.86. The minimum Gasteiger partial charge on any atom is -0.345 e. The van der Waals surface area contributed by atoms with Crippen LogP contribution in [0.2, 0.25) is 0 Å². The normalized spacial score (nSPS) is 12.2. The highest BCUT2D eigenvalue weighted by Crippen LogP contribution is 2.25. The number of benzene rings is 2. The molecule has 2 aromatic carbocycles. The van der Waals surface area contributed by atoms with E-state index in [4.69, 9.17) is 0 Å². The largest absolute Gasteiger partial charge is 0.345 e. The van der Waals surface area contributed by atoms with Gasteiger partial charge in [0.15, 0.2) is 0 Å². The van der Waals surface area contributed by atoms with Gasteiger partial charge in [-0.25, -0.2) is 0 Å². The summed E-state index contributed by atoms with van der Waals surface area (Å²) in [5.74, 6) is 0.0485. The first-order valence-corrected chi connectivity index (χ1v) is 7.00. The number of hydrogen-bond acceptors (Lipinski definition) is 1. The zero-order valence-electron chi connectivity index (χ0n) is 12.3. The van der Waals surface area contributed by atoms with Crippen LogP contribution in [-0.2, 0) is 4.79 Å². The van der Waals surface area contributed by atoms with Crippen molar-refractivity contribution in [2.75, 3.05) is 0 Å². The van der Waals surface area contributed by atoms with Crippen molar-refractivity contribution in [1.29, 1.82) is 0 Å². The number of nitrogens with one attached hydrogen (secondary N) is 1. The van der Waals surface area contributed by atoms with Crippen molar-refractivity contribution in [2.45, 2.75) is 26.8 Å². The summed E-state index contributed by atoms with van der Waals surface area (Å²) in [7, 11) is 0. The van der Waals surface area contributed by atoms with E-state index in [1.807, 2.05) is 44.2 Å². The molecule has 0 unspecified atom stereocenters. The van der Waals surface area contributed by atoms with E-state index in [0.29, 0.717) is 0 Å². The molecule has 0 aromatic heterocycles. The van der Waals surface area contributed by atoms with E-state index < -0.39 is 0 Å². The van der Waals surface area contributed by atoms with Gasteiger partial charge in [0.2, 0.25) is 5.91 Å². The highest BCUT2D eigenvalue weighted by atomic mass is 16.1. The molecular weight excluding hydrogens is 246 g/mol. The SMILES string of the molecule is Cc1ccccc1[C@H](NC(=O)C(C)C)c1ccccc1. The van der Waals surface area contributed by atoms with E-state index in [2.05, 4.69) is 36.5 Å². The maximum absolute atomic E-state index is 12.1. The molecule has 2 aromatic rings. The zero-order chi connectivity index (χ0) is 14.5. The van der Waals surface area contributed by atoms with Gasteiger partial charge in [-0.3, -0.25) is 4.79 Å². The van der Waals surface area contributed by atoms with Crippen LogP contribution < -0.4 is 5.32 Å². The lowest BCUT2D eigenvalue weighted by Crippen LogP contribution is -2.32. The van der Waals surface area contributed by atoms with E-state index in [1.165, 1.54) is 5.56 Å². The van der Waals surface area contributed by atoms with Crippen LogP contribution in [0, 0.1) is 12.8 Å². The maximum Gasteiger partial charge on any atom is 0.223 e. The number of aryl methyl sites for hydroxylation is 1. The molecule has 0 saturated heterocycles. The molecule has 1 N–H and O–H groups in total. The fourth-order valence-corrected chi connectivity index (χ4v) is 2.21. The standard InChI is InChI=1S/C18H21NO/c1-13(2)18(20)19-17(15-10-5-4-6-11-15)16-12-8-7-9-14(16)3/h4-13,17H,1-3H3,(H,19,20)/t17-/m1/s1. The average Bonchev–Trinajstić information content (AvgIpc) is 2.46. The summed E-state index contributed by atoms with van der Waals surface area (Å²) in [4.78, 5) is 12.1.